The van der Waals surface area contributed by atoms with Crippen LogP contribution in [0.1, 0.15) is 37.8 Å². The predicted molar refractivity (Wildman–Crippen MR) is 66.8 cm³/mol. The lowest BCUT2D eigenvalue weighted by Crippen LogP contribution is -1.91. The molecule has 0 heteroatoms. The predicted octanol–water partition coefficient (Wildman–Crippen LogP) is 4.37. The molecule has 0 bridgehead atoms. The van der Waals surface area contributed by atoms with E-state index in [-0.39, 0.29) is 0 Å². The standard InChI is InChI=1S/C15H18/c1-3-6-13-7-4-5-8-15(13)14-10-9-12(2)11-14/h4-5,7-9,11H,3,6,10H2,1-2H3. The smallest absolute Gasteiger partial charge is 0.00856 e. The molecule has 1 aliphatic rings. The van der Waals surface area contributed by atoms with E-state index in [1.165, 1.54) is 35.1 Å². The van der Waals surface area contributed by atoms with Crippen LogP contribution >= 0.6 is 0 Å². The monoisotopic (exact) mass is 198 g/mol. The first-order valence-corrected chi connectivity index (χ1v) is 5.77. The quantitative estimate of drug-likeness (QED) is 0.676. The Morgan fingerprint density at radius 2 is 2.00 bits per heavy atom. The molecule has 0 saturated heterocycles. The van der Waals surface area contributed by atoms with Crippen LogP contribution in [-0.2, 0) is 6.42 Å². The molecule has 78 valence electrons. The van der Waals surface area contributed by atoms with Crippen molar-refractivity contribution in [2.24, 2.45) is 0 Å². The second kappa shape index (κ2) is 4.48. The molecular weight excluding hydrogens is 180 g/mol. The maximum atomic E-state index is 2.31. The summed E-state index contributed by atoms with van der Waals surface area (Å²) in [5, 5.41) is 0. The minimum atomic E-state index is 1.10. The van der Waals surface area contributed by atoms with E-state index < -0.39 is 0 Å². The molecule has 0 heterocycles. The van der Waals surface area contributed by atoms with E-state index in [9.17, 15) is 0 Å². The lowest BCUT2D eigenvalue weighted by Gasteiger charge is -2.09. The van der Waals surface area contributed by atoms with E-state index in [0.717, 1.165) is 6.42 Å². The van der Waals surface area contributed by atoms with Crippen LogP contribution in [0.4, 0.5) is 0 Å². The maximum absolute atomic E-state index is 2.31. The number of allylic oxidation sites excluding steroid dienone is 4. The van der Waals surface area contributed by atoms with Gasteiger partial charge in [-0.25, -0.2) is 0 Å². The Hall–Kier alpha value is -1.30. The van der Waals surface area contributed by atoms with Crippen LogP contribution in [-0.4, -0.2) is 0 Å². The molecule has 0 N–H and O–H groups in total. The van der Waals surface area contributed by atoms with Crippen LogP contribution in [0.25, 0.3) is 5.57 Å². The summed E-state index contributed by atoms with van der Waals surface area (Å²) in [6, 6.07) is 8.80. The first kappa shape index (κ1) is 10.2. The highest BCUT2D eigenvalue weighted by Crippen LogP contribution is 2.29. The van der Waals surface area contributed by atoms with E-state index in [0.29, 0.717) is 0 Å². The molecule has 0 radical (unpaired) electrons. The number of benzene rings is 1. The summed E-state index contributed by atoms with van der Waals surface area (Å²) in [4.78, 5) is 0. The molecule has 1 aromatic rings. The van der Waals surface area contributed by atoms with Crippen molar-refractivity contribution < 1.29 is 0 Å². The summed E-state index contributed by atoms with van der Waals surface area (Å²) >= 11 is 0. The van der Waals surface area contributed by atoms with Gasteiger partial charge in [-0.1, -0.05) is 55.3 Å². The molecule has 2 rings (SSSR count). The van der Waals surface area contributed by atoms with Gasteiger partial charge < -0.3 is 0 Å². The van der Waals surface area contributed by atoms with Crippen LogP contribution < -0.4 is 0 Å². The van der Waals surface area contributed by atoms with Gasteiger partial charge in [-0.05, 0) is 36.5 Å². The first-order valence-electron chi connectivity index (χ1n) is 5.77. The molecule has 0 nitrogen and oxygen atoms in total. The van der Waals surface area contributed by atoms with Crippen molar-refractivity contribution in [1.29, 1.82) is 0 Å². The molecule has 0 aliphatic heterocycles. The number of rotatable bonds is 3. The first-order chi connectivity index (χ1) is 7.31. The van der Waals surface area contributed by atoms with E-state index >= 15 is 0 Å². The van der Waals surface area contributed by atoms with E-state index in [1.54, 1.807) is 0 Å². The molecule has 1 aromatic carbocycles. The average Bonchev–Trinajstić information content (AvgIpc) is 2.66. The van der Waals surface area contributed by atoms with Gasteiger partial charge in [0, 0.05) is 0 Å². The zero-order chi connectivity index (χ0) is 10.7. The normalized spacial score (nSPS) is 15.1. The van der Waals surface area contributed by atoms with Crippen LogP contribution in [0.3, 0.4) is 0 Å². The Morgan fingerprint density at radius 1 is 1.20 bits per heavy atom. The van der Waals surface area contributed by atoms with Gasteiger partial charge in [0.05, 0.1) is 0 Å². The topological polar surface area (TPSA) is 0 Å². The van der Waals surface area contributed by atoms with Gasteiger partial charge >= 0.3 is 0 Å². The number of aryl methyl sites for hydroxylation is 1. The van der Waals surface area contributed by atoms with E-state index in [2.05, 4.69) is 50.3 Å². The summed E-state index contributed by atoms with van der Waals surface area (Å²) in [5.41, 5.74) is 5.83. The van der Waals surface area contributed by atoms with E-state index in [1.807, 2.05) is 0 Å². The fraction of sp³-hybridized carbons (Fsp3) is 0.333. The largest absolute Gasteiger partial charge is 0.0772 e. The third-order valence-corrected chi connectivity index (χ3v) is 2.93. The van der Waals surface area contributed by atoms with Crippen molar-refractivity contribution in [3.05, 3.63) is 53.1 Å². The summed E-state index contributed by atoms with van der Waals surface area (Å²) in [6.45, 7) is 4.42. The van der Waals surface area contributed by atoms with Crippen LogP contribution in [0, 0.1) is 0 Å². The van der Waals surface area contributed by atoms with E-state index in [4.69, 9.17) is 0 Å². The number of hydrogen-bond acceptors (Lipinski definition) is 0. The fourth-order valence-electron chi connectivity index (χ4n) is 2.17. The summed E-state index contributed by atoms with van der Waals surface area (Å²) in [5.74, 6) is 0. The second-order valence-electron chi connectivity index (χ2n) is 4.23. The Balaban J connectivity index is 2.32. The molecule has 15 heavy (non-hydrogen) atoms. The molecule has 0 amide bonds. The minimum absolute atomic E-state index is 1.10. The third kappa shape index (κ3) is 2.20. The van der Waals surface area contributed by atoms with Gasteiger partial charge in [0.25, 0.3) is 0 Å². The van der Waals surface area contributed by atoms with Crippen LogP contribution in [0.5, 0.6) is 0 Å². The SMILES string of the molecule is CCCc1ccccc1C1=CC(C)=CC1. The lowest BCUT2D eigenvalue weighted by atomic mass is 9.96. The highest BCUT2D eigenvalue weighted by atomic mass is 14.1. The fourth-order valence-corrected chi connectivity index (χ4v) is 2.17. The number of hydrogen-bond donors (Lipinski definition) is 0. The van der Waals surface area contributed by atoms with Crippen molar-refractivity contribution in [2.75, 3.05) is 0 Å². The molecular formula is C15H18. The average molecular weight is 198 g/mol. The van der Waals surface area contributed by atoms with Gasteiger partial charge in [-0.2, -0.15) is 0 Å². The minimum Gasteiger partial charge on any atom is -0.0772 e. The van der Waals surface area contributed by atoms with Crippen LogP contribution in [0.2, 0.25) is 0 Å². The Bertz CT molecular complexity index is 408. The van der Waals surface area contributed by atoms with Crippen molar-refractivity contribution >= 4 is 5.57 Å². The molecule has 0 saturated carbocycles. The molecule has 0 atom stereocenters. The molecule has 0 fully saturated rings. The summed E-state index contributed by atoms with van der Waals surface area (Å²) in [7, 11) is 0. The second-order valence-corrected chi connectivity index (χ2v) is 4.23. The molecule has 0 aromatic heterocycles. The Kier molecular flexibility index (Phi) is 3.05. The molecule has 0 spiro atoms. The van der Waals surface area contributed by atoms with Gasteiger partial charge in [0.2, 0.25) is 0 Å². The van der Waals surface area contributed by atoms with Crippen molar-refractivity contribution in [3.63, 3.8) is 0 Å². The Labute approximate surface area is 92.3 Å². The van der Waals surface area contributed by atoms with Gasteiger partial charge in [0.15, 0.2) is 0 Å². The summed E-state index contributed by atoms with van der Waals surface area (Å²) < 4.78 is 0. The van der Waals surface area contributed by atoms with Gasteiger partial charge in [-0.3, -0.25) is 0 Å². The Morgan fingerprint density at radius 3 is 2.67 bits per heavy atom. The molecule has 0 unspecified atom stereocenters. The highest BCUT2D eigenvalue weighted by Gasteiger charge is 2.09. The molecule has 1 aliphatic carbocycles. The van der Waals surface area contributed by atoms with Crippen molar-refractivity contribution in [3.8, 4) is 0 Å². The third-order valence-electron chi connectivity index (χ3n) is 2.93. The van der Waals surface area contributed by atoms with Gasteiger partial charge in [-0.15, -0.1) is 0 Å². The zero-order valence-electron chi connectivity index (χ0n) is 9.59. The highest BCUT2D eigenvalue weighted by molar-refractivity contribution is 5.74. The lowest BCUT2D eigenvalue weighted by molar-refractivity contribution is 0.918. The van der Waals surface area contributed by atoms with Crippen molar-refractivity contribution in [1.82, 2.24) is 0 Å². The van der Waals surface area contributed by atoms with Gasteiger partial charge in [0.1, 0.15) is 0 Å². The summed E-state index contributed by atoms with van der Waals surface area (Å²) in [6.07, 6.45) is 8.13. The zero-order valence-corrected chi connectivity index (χ0v) is 9.59. The van der Waals surface area contributed by atoms with Crippen LogP contribution in [0.15, 0.2) is 42.0 Å². The maximum Gasteiger partial charge on any atom is -0.00856 e. The van der Waals surface area contributed by atoms with Crippen molar-refractivity contribution in [2.45, 2.75) is 33.1 Å².